The lowest BCUT2D eigenvalue weighted by Gasteiger charge is -2.15. The molecule has 0 aliphatic rings. The molecule has 0 fully saturated rings. The zero-order chi connectivity index (χ0) is 21.1. The van der Waals surface area contributed by atoms with Crippen molar-refractivity contribution in [3.05, 3.63) is 111 Å². The molecular formula is C26H23NO3. The first-order chi connectivity index (χ1) is 14.6. The maximum atomic E-state index is 13.3. The van der Waals surface area contributed by atoms with Gasteiger partial charge in [-0.05, 0) is 37.6 Å². The number of hydrogen-bond acceptors (Lipinski definition) is 3. The zero-order valence-electron chi connectivity index (χ0n) is 17.1. The summed E-state index contributed by atoms with van der Waals surface area (Å²) in [4.78, 5) is 26.4. The molecule has 0 aliphatic heterocycles. The first-order valence-corrected chi connectivity index (χ1v) is 10.0. The summed E-state index contributed by atoms with van der Waals surface area (Å²) >= 11 is 0. The van der Waals surface area contributed by atoms with Gasteiger partial charge in [0, 0.05) is 18.3 Å². The van der Waals surface area contributed by atoms with E-state index in [0.717, 1.165) is 16.6 Å². The summed E-state index contributed by atoms with van der Waals surface area (Å²) in [6, 6.07) is 22.6. The van der Waals surface area contributed by atoms with E-state index in [4.69, 9.17) is 4.74 Å². The minimum Gasteiger partial charge on any atom is -0.494 e. The van der Waals surface area contributed by atoms with Crippen LogP contribution in [0.15, 0.2) is 83.8 Å². The number of aryl methyl sites for hydroxylation is 1. The minimum atomic E-state index is -0.277. The molecule has 0 unspecified atom stereocenters. The van der Waals surface area contributed by atoms with Gasteiger partial charge < -0.3 is 9.30 Å². The predicted molar refractivity (Wildman–Crippen MR) is 120 cm³/mol. The molecule has 0 bridgehead atoms. The van der Waals surface area contributed by atoms with Gasteiger partial charge in [-0.2, -0.15) is 0 Å². The molecule has 0 saturated heterocycles. The van der Waals surface area contributed by atoms with Crippen LogP contribution in [0.3, 0.4) is 0 Å². The number of aromatic nitrogens is 1. The highest BCUT2D eigenvalue weighted by Crippen LogP contribution is 2.21. The number of fused-ring (bicyclic) bond motifs is 1. The van der Waals surface area contributed by atoms with E-state index in [2.05, 4.69) is 6.07 Å². The highest BCUT2D eigenvalue weighted by atomic mass is 16.5. The Bertz CT molecular complexity index is 1270. The van der Waals surface area contributed by atoms with Crippen molar-refractivity contribution in [2.24, 2.45) is 0 Å². The molecule has 0 spiro atoms. The van der Waals surface area contributed by atoms with Crippen LogP contribution in [0.5, 0.6) is 5.75 Å². The second kappa shape index (κ2) is 8.37. The fourth-order valence-corrected chi connectivity index (χ4v) is 3.68. The van der Waals surface area contributed by atoms with Crippen LogP contribution >= 0.6 is 0 Å². The Morgan fingerprint density at radius 3 is 2.50 bits per heavy atom. The maximum Gasteiger partial charge on any atom is 0.200 e. The van der Waals surface area contributed by atoms with Gasteiger partial charge in [-0.3, -0.25) is 9.59 Å². The molecule has 0 atom stereocenters. The van der Waals surface area contributed by atoms with Gasteiger partial charge in [0.1, 0.15) is 5.75 Å². The predicted octanol–water partition coefficient (Wildman–Crippen LogP) is 4.99. The normalized spacial score (nSPS) is 10.9. The van der Waals surface area contributed by atoms with Crippen molar-refractivity contribution < 1.29 is 9.53 Å². The highest BCUT2D eigenvalue weighted by molar-refractivity contribution is 6.10. The average Bonchev–Trinajstić information content (AvgIpc) is 2.76. The molecule has 0 radical (unpaired) electrons. The number of rotatable bonds is 6. The van der Waals surface area contributed by atoms with Gasteiger partial charge in [0.05, 0.1) is 23.1 Å². The largest absolute Gasteiger partial charge is 0.494 e. The number of pyridine rings is 1. The third-order valence-corrected chi connectivity index (χ3v) is 5.08. The summed E-state index contributed by atoms with van der Waals surface area (Å²) in [6.45, 7) is 5.01. The average molecular weight is 397 g/mol. The van der Waals surface area contributed by atoms with E-state index in [1.165, 1.54) is 0 Å². The molecule has 0 N–H and O–H groups in total. The standard InChI is InChI=1S/C26H23NO3/c1-3-30-21-12-13-24-22(15-21)26(29)23(25(28)20-10-5-4-6-11-20)17-27(24)16-19-9-7-8-18(2)14-19/h4-15,17H,3,16H2,1-2H3. The van der Waals surface area contributed by atoms with Crippen LogP contribution < -0.4 is 10.2 Å². The second-order valence-electron chi connectivity index (χ2n) is 7.30. The van der Waals surface area contributed by atoms with Crippen molar-refractivity contribution in [3.8, 4) is 5.75 Å². The van der Waals surface area contributed by atoms with Crippen LogP contribution in [-0.2, 0) is 6.54 Å². The van der Waals surface area contributed by atoms with Crippen LogP contribution in [0, 0.1) is 6.92 Å². The monoisotopic (exact) mass is 397 g/mol. The number of ketones is 1. The van der Waals surface area contributed by atoms with E-state index in [-0.39, 0.29) is 16.8 Å². The zero-order valence-corrected chi connectivity index (χ0v) is 17.1. The van der Waals surface area contributed by atoms with Gasteiger partial charge in [0.15, 0.2) is 5.78 Å². The number of carbonyl (C=O) groups excluding carboxylic acids is 1. The fourth-order valence-electron chi connectivity index (χ4n) is 3.68. The Hall–Kier alpha value is -3.66. The van der Waals surface area contributed by atoms with Gasteiger partial charge in [-0.1, -0.05) is 60.2 Å². The maximum absolute atomic E-state index is 13.3. The fraction of sp³-hybridized carbons (Fsp3) is 0.154. The van der Waals surface area contributed by atoms with E-state index in [1.807, 2.05) is 54.8 Å². The Morgan fingerprint density at radius 2 is 1.77 bits per heavy atom. The number of nitrogens with zero attached hydrogens (tertiary/aromatic N) is 1. The van der Waals surface area contributed by atoms with Crippen molar-refractivity contribution in [3.63, 3.8) is 0 Å². The van der Waals surface area contributed by atoms with Crippen LogP contribution in [0.1, 0.15) is 34.0 Å². The summed E-state index contributed by atoms with van der Waals surface area (Å²) in [5.74, 6) is 0.343. The van der Waals surface area contributed by atoms with Gasteiger partial charge in [0.25, 0.3) is 0 Å². The molecule has 4 nitrogen and oxygen atoms in total. The van der Waals surface area contributed by atoms with Gasteiger partial charge >= 0.3 is 0 Å². The molecule has 30 heavy (non-hydrogen) atoms. The molecule has 1 heterocycles. The SMILES string of the molecule is CCOc1ccc2c(c1)c(=O)c(C(=O)c1ccccc1)cn2Cc1cccc(C)c1. The smallest absolute Gasteiger partial charge is 0.200 e. The molecular weight excluding hydrogens is 374 g/mol. The summed E-state index contributed by atoms with van der Waals surface area (Å²) in [5.41, 5.74) is 3.42. The molecule has 4 aromatic rings. The molecule has 0 amide bonds. The Labute approximate surface area is 175 Å². The molecule has 0 aliphatic carbocycles. The second-order valence-corrected chi connectivity index (χ2v) is 7.30. The Morgan fingerprint density at radius 1 is 0.967 bits per heavy atom. The van der Waals surface area contributed by atoms with Crippen molar-refractivity contribution in [1.82, 2.24) is 4.57 Å². The van der Waals surface area contributed by atoms with E-state index in [1.54, 1.807) is 36.5 Å². The topological polar surface area (TPSA) is 48.3 Å². The molecule has 4 rings (SSSR count). The highest BCUT2D eigenvalue weighted by Gasteiger charge is 2.18. The number of hydrogen-bond donors (Lipinski definition) is 0. The van der Waals surface area contributed by atoms with Crippen molar-refractivity contribution in [1.29, 1.82) is 0 Å². The minimum absolute atomic E-state index is 0.162. The van der Waals surface area contributed by atoms with E-state index in [0.29, 0.717) is 29.9 Å². The summed E-state index contributed by atoms with van der Waals surface area (Å²) in [5, 5.41) is 0.482. The third-order valence-electron chi connectivity index (χ3n) is 5.08. The van der Waals surface area contributed by atoms with Gasteiger partial charge in [0.2, 0.25) is 5.43 Å². The molecule has 0 saturated carbocycles. The summed E-state index contributed by atoms with van der Waals surface area (Å²) < 4.78 is 7.56. The third kappa shape index (κ3) is 3.90. The molecule has 1 aromatic heterocycles. The van der Waals surface area contributed by atoms with Crippen LogP contribution in [0.25, 0.3) is 10.9 Å². The van der Waals surface area contributed by atoms with E-state index >= 15 is 0 Å². The van der Waals surface area contributed by atoms with Gasteiger partial charge in [-0.25, -0.2) is 0 Å². The van der Waals surface area contributed by atoms with Crippen molar-refractivity contribution in [2.75, 3.05) is 6.61 Å². The Kier molecular flexibility index (Phi) is 5.48. The Balaban J connectivity index is 1.91. The van der Waals surface area contributed by atoms with E-state index < -0.39 is 0 Å². The summed E-state index contributed by atoms with van der Waals surface area (Å²) in [6.07, 6.45) is 1.68. The lowest BCUT2D eigenvalue weighted by Crippen LogP contribution is -2.20. The van der Waals surface area contributed by atoms with Gasteiger partial charge in [-0.15, -0.1) is 0 Å². The lowest BCUT2D eigenvalue weighted by molar-refractivity contribution is 0.103. The van der Waals surface area contributed by atoms with Crippen molar-refractivity contribution in [2.45, 2.75) is 20.4 Å². The number of carbonyl (C=O) groups is 1. The number of benzene rings is 3. The molecule has 3 aromatic carbocycles. The first-order valence-electron chi connectivity index (χ1n) is 10.0. The first kappa shape index (κ1) is 19.6. The molecule has 4 heteroatoms. The van der Waals surface area contributed by atoms with E-state index in [9.17, 15) is 9.59 Å². The molecule has 150 valence electrons. The van der Waals surface area contributed by atoms with Crippen LogP contribution in [-0.4, -0.2) is 17.0 Å². The van der Waals surface area contributed by atoms with Crippen molar-refractivity contribution >= 4 is 16.7 Å². The van der Waals surface area contributed by atoms with Crippen LogP contribution in [0.2, 0.25) is 0 Å². The summed E-state index contributed by atoms with van der Waals surface area (Å²) in [7, 11) is 0. The van der Waals surface area contributed by atoms with Crippen LogP contribution in [0.4, 0.5) is 0 Å². The lowest BCUT2D eigenvalue weighted by atomic mass is 10.0. The quantitative estimate of drug-likeness (QED) is 0.431. The number of ether oxygens (including phenoxy) is 1.